The maximum absolute atomic E-state index is 13.2. The van der Waals surface area contributed by atoms with Crippen LogP contribution in [-0.2, 0) is 16.1 Å². The Balaban J connectivity index is 1.38. The third-order valence-corrected chi connectivity index (χ3v) is 6.09. The Morgan fingerprint density at radius 2 is 1.84 bits per heavy atom. The number of hydrogen-bond donors (Lipinski definition) is 1. The molecule has 1 fully saturated rings. The van der Waals surface area contributed by atoms with Gasteiger partial charge in [0.05, 0.1) is 13.2 Å². The molecule has 2 aliphatic rings. The zero-order chi connectivity index (χ0) is 21.4. The van der Waals surface area contributed by atoms with Gasteiger partial charge in [0, 0.05) is 50.7 Å². The number of nitrogens with one attached hydrogen (secondary N) is 1. The summed E-state index contributed by atoms with van der Waals surface area (Å²) in [5.74, 6) is -0.0747. The minimum Gasteiger partial charge on any atom is -0.379 e. The van der Waals surface area contributed by atoms with E-state index in [1.54, 1.807) is 0 Å². The topological polar surface area (TPSA) is 44.8 Å². The van der Waals surface area contributed by atoms with Gasteiger partial charge in [-0.2, -0.15) is 0 Å². The number of carbonyl (C=O) groups excluding carboxylic acids is 1. The van der Waals surface area contributed by atoms with Gasteiger partial charge in [0.25, 0.3) is 5.91 Å². The Morgan fingerprint density at radius 3 is 2.61 bits per heavy atom. The third kappa shape index (κ3) is 3.82. The first-order chi connectivity index (χ1) is 15.1. The molecule has 0 unspecified atom stereocenters. The summed E-state index contributed by atoms with van der Waals surface area (Å²) >= 11 is 0. The summed E-state index contributed by atoms with van der Waals surface area (Å²) in [4.78, 5) is 17.7. The number of morpholine rings is 1. The molecule has 3 aromatic carbocycles. The molecule has 5 rings (SSSR count). The van der Waals surface area contributed by atoms with Gasteiger partial charge in [0.2, 0.25) is 0 Å². The summed E-state index contributed by atoms with van der Waals surface area (Å²) in [6.07, 6.45) is 1.99. The zero-order valence-corrected chi connectivity index (χ0v) is 18.0. The van der Waals surface area contributed by atoms with Gasteiger partial charge in [-0.15, -0.1) is 0 Å². The molecule has 0 saturated carbocycles. The highest BCUT2D eigenvalue weighted by Crippen LogP contribution is 2.37. The van der Waals surface area contributed by atoms with Gasteiger partial charge >= 0.3 is 0 Å². The van der Waals surface area contributed by atoms with Gasteiger partial charge in [-0.1, -0.05) is 42.5 Å². The standard InChI is InChI=1S/C26H27N3O2/c1-28(2)24-16-21(10-9-20(24)17-29-11-13-31-14-12-29)27-26(30)23-15-19-7-3-5-18-6-4-8-22(23)25(18)19/h3-10,15-16H,11-14,17H2,1-2H3,(H,27,30). The van der Waals surface area contributed by atoms with E-state index in [2.05, 4.69) is 45.4 Å². The van der Waals surface area contributed by atoms with Crippen LogP contribution in [0, 0.1) is 0 Å². The zero-order valence-electron chi connectivity index (χ0n) is 18.0. The van der Waals surface area contributed by atoms with Crippen LogP contribution in [0.25, 0.3) is 22.4 Å². The lowest BCUT2D eigenvalue weighted by atomic mass is 10.0. The molecule has 1 aliphatic heterocycles. The molecular weight excluding hydrogens is 386 g/mol. The normalized spacial score (nSPS) is 15.7. The number of hydrogen-bond acceptors (Lipinski definition) is 4. The molecular formula is C26H27N3O2. The summed E-state index contributed by atoms with van der Waals surface area (Å²) in [5.41, 5.74) is 6.01. The predicted octanol–water partition coefficient (Wildman–Crippen LogP) is 4.23. The van der Waals surface area contributed by atoms with Gasteiger partial charge in [0.15, 0.2) is 0 Å². The first-order valence-electron chi connectivity index (χ1n) is 10.8. The van der Waals surface area contributed by atoms with E-state index in [4.69, 9.17) is 4.74 Å². The largest absolute Gasteiger partial charge is 0.379 e. The second-order valence-electron chi connectivity index (χ2n) is 8.39. The molecule has 1 N–H and O–H groups in total. The summed E-state index contributed by atoms with van der Waals surface area (Å²) in [6, 6.07) is 18.5. The van der Waals surface area contributed by atoms with Crippen molar-refractivity contribution in [1.82, 2.24) is 4.90 Å². The lowest BCUT2D eigenvalue weighted by Crippen LogP contribution is -2.36. The summed E-state index contributed by atoms with van der Waals surface area (Å²) in [7, 11) is 4.08. The van der Waals surface area contributed by atoms with Crippen LogP contribution in [0.1, 0.15) is 16.7 Å². The fourth-order valence-electron chi connectivity index (χ4n) is 4.53. The first kappa shape index (κ1) is 19.8. The predicted molar refractivity (Wildman–Crippen MR) is 127 cm³/mol. The van der Waals surface area contributed by atoms with E-state index in [-0.39, 0.29) is 5.91 Å². The van der Waals surface area contributed by atoms with Gasteiger partial charge in [-0.25, -0.2) is 0 Å². The third-order valence-electron chi connectivity index (χ3n) is 6.09. The quantitative estimate of drug-likeness (QED) is 0.680. The molecule has 31 heavy (non-hydrogen) atoms. The van der Waals surface area contributed by atoms with Gasteiger partial charge < -0.3 is 15.0 Å². The lowest BCUT2D eigenvalue weighted by Gasteiger charge is -2.28. The second-order valence-corrected chi connectivity index (χ2v) is 8.39. The summed E-state index contributed by atoms with van der Waals surface area (Å²) < 4.78 is 5.47. The molecule has 5 nitrogen and oxygen atoms in total. The number of rotatable bonds is 5. The number of carbonyl (C=O) groups is 1. The van der Waals surface area contributed by atoms with Crippen LogP contribution in [0.5, 0.6) is 0 Å². The highest BCUT2D eigenvalue weighted by Gasteiger charge is 2.22. The van der Waals surface area contributed by atoms with Crippen molar-refractivity contribution in [3.8, 4) is 0 Å². The van der Waals surface area contributed by atoms with E-state index in [0.29, 0.717) is 0 Å². The first-order valence-corrected chi connectivity index (χ1v) is 10.8. The van der Waals surface area contributed by atoms with Crippen molar-refractivity contribution in [2.24, 2.45) is 0 Å². The second kappa shape index (κ2) is 8.17. The molecule has 1 amide bonds. The van der Waals surface area contributed by atoms with Crippen LogP contribution >= 0.6 is 0 Å². The van der Waals surface area contributed by atoms with E-state index in [9.17, 15) is 4.79 Å². The van der Waals surface area contributed by atoms with Gasteiger partial charge in [0.1, 0.15) is 0 Å². The fraction of sp³-hybridized carbons (Fsp3) is 0.269. The van der Waals surface area contributed by atoms with Crippen molar-refractivity contribution in [3.63, 3.8) is 0 Å². The highest BCUT2D eigenvalue weighted by atomic mass is 16.5. The van der Waals surface area contributed by atoms with Crippen LogP contribution in [0.3, 0.4) is 0 Å². The average Bonchev–Trinajstić information content (AvgIpc) is 3.16. The fourth-order valence-corrected chi connectivity index (χ4v) is 4.53. The van der Waals surface area contributed by atoms with Crippen LogP contribution in [-0.4, -0.2) is 51.2 Å². The number of nitrogens with zero attached hydrogens (tertiary/aromatic N) is 2. The molecule has 158 valence electrons. The molecule has 1 heterocycles. The van der Waals surface area contributed by atoms with E-state index < -0.39 is 0 Å². The molecule has 5 heteroatoms. The number of anilines is 2. The van der Waals surface area contributed by atoms with Crippen molar-refractivity contribution >= 4 is 39.7 Å². The lowest BCUT2D eigenvalue weighted by molar-refractivity contribution is -0.111. The smallest absolute Gasteiger partial charge is 0.256 e. The van der Waals surface area contributed by atoms with Crippen LogP contribution < -0.4 is 10.2 Å². The van der Waals surface area contributed by atoms with Crippen LogP contribution in [0.4, 0.5) is 11.4 Å². The van der Waals surface area contributed by atoms with Crippen molar-refractivity contribution in [2.45, 2.75) is 6.54 Å². The number of ether oxygens (including phenoxy) is 1. The molecule has 0 aromatic heterocycles. The summed E-state index contributed by atoms with van der Waals surface area (Å²) in [6.45, 7) is 4.36. The highest BCUT2D eigenvalue weighted by molar-refractivity contribution is 6.34. The maximum Gasteiger partial charge on any atom is 0.256 e. The SMILES string of the molecule is CN(C)c1cc(NC(=O)C2=Cc3cccc4cccc2c34)ccc1CN1CCOCC1. The van der Waals surface area contributed by atoms with E-state index in [1.807, 2.05) is 44.4 Å². The number of amides is 1. The average molecular weight is 414 g/mol. The molecule has 1 aliphatic carbocycles. The Kier molecular flexibility index (Phi) is 5.22. The van der Waals surface area contributed by atoms with Crippen LogP contribution in [0.15, 0.2) is 54.6 Å². The molecule has 3 aromatic rings. The molecule has 0 atom stereocenters. The Morgan fingerprint density at radius 1 is 1.06 bits per heavy atom. The minimum absolute atomic E-state index is 0.0747. The van der Waals surface area contributed by atoms with Gasteiger partial charge in [-0.05, 0) is 45.7 Å². The van der Waals surface area contributed by atoms with E-state index in [1.165, 1.54) is 5.56 Å². The van der Waals surface area contributed by atoms with E-state index in [0.717, 1.165) is 71.7 Å². The molecule has 0 bridgehead atoms. The van der Waals surface area contributed by atoms with Crippen LogP contribution in [0.2, 0.25) is 0 Å². The van der Waals surface area contributed by atoms with Crippen molar-refractivity contribution < 1.29 is 9.53 Å². The van der Waals surface area contributed by atoms with Crippen molar-refractivity contribution in [3.05, 3.63) is 71.3 Å². The summed E-state index contributed by atoms with van der Waals surface area (Å²) in [5, 5.41) is 5.44. The van der Waals surface area contributed by atoms with Crippen molar-refractivity contribution in [2.75, 3.05) is 50.6 Å². The maximum atomic E-state index is 13.2. The Labute approximate surface area is 182 Å². The molecule has 0 radical (unpaired) electrons. The molecule has 0 spiro atoms. The number of benzene rings is 3. The van der Waals surface area contributed by atoms with Gasteiger partial charge in [-0.3, -0.25) is 9.69 Å². The minimum atomic E-state index is -0.0747. The Bertz CT molecular complexity index is 1170. The monoisotopic (exact) mass is 413 g/mol. The Hall–Kier alpha value is -3.15. The van der Waals surface area contributed by atoms with E-state index >= 15 is 0 Å². The molecule has 1 saturated heterocycles. The van der Waals surface area contributed by atoms with Crippen molar-refractivity contribution in [1.29, 1.82) is 0 Å².